The number of aromatic nitrogens is 1. The van der Waals surface area contributed by atoms with Crippen LogP contribution >= 0.6 is 0 Å². The Labute approximate surface area is 160 Å². The Kier molecular flexibility index (Phi) is 6.22. The van der Waals surface area contributed by atoms with Gasteiger partial charge in [-0.1, -0.05) is 31.5 Å². The standard InChI is InChI=1S/C22H27N3O2/c1-3-7-16(2)24-21(26)20-11-6-13-25(20)22(27)18-9-4-8-17(14-18)19-10-5-12-23-15-19/h4-5,8-10,12,14-16,20H,3,6-7,11,13H2,1-2H3,(H,24,26). The van der Waals surface area contributed by atoms with Crippen LogP contribution in [-0.4, -0.2) is 40.3 Å². The average molecular weight is 365 g/mol. The van der Waals surface area contributed by atoms with Crippen LogP contribution in [0, 0.1) is 0 Å². The molecule has 1 aromatic carbocycles. The van der Waals surface area contributed by atoms with E-state index in [1.807, 2.05) is 43.3 Å². The van der Waals surface area contributed by atoms with Crippen molar-refractivity contribution in [3.63, 3.8) is 0 Å². The van der Waals surface area contributed by atoms with Crippen molar-refractivity contribution in [2.24, 2.45) is 0 Å². The molecule has 1 fully saturated rings. The largest absolute Gasteiger partial charge is 0.352 e. The summed E-state index contributed by atoms with van der Waals surface area (Å²) in [6.45, 7) is 4.74. The van der Waals surface area contributed by atoms with Crippen molar-refractivity contribution in [1.29, 1.82) is 0 Å². The highest BCUT2D eigenvalue weighted by Gasteiger charge is 2.34. The second-order valence-electron chi connectivity index (χ2n) is 7.18. The molecule has 1 N–H and O–H groups in total. The van der Waals surface area contributed by atoms with Gasteiger partial charge < -0.3 is 10.2 Å². The van der Waals surface area contributed by atoms with Gasteiger partial charge in [0.05, 0.1) is 0 Å². The van der Waals surface area contributed by atoms with E-state index in [4.69, 9.17) is 0 Å². The predicted molar refractivity (Wildman–Crippen MR) is 106 cm³/mol. The quantitative estimate of drug-likeness (QED) is 0.850. The summed E-state index contributed by atoms with van der Waals surface area (Å²) in [6, 6.07) is 11.1. The van der Waals surface area contributed by atoms with Crippen molar-refractivity contribution < 1.29 is 9.59 Å². The predicted octanol–water partition coefficient (Wildman–Crippen LogP) is 3.66. The summed E-state index contributed by atoms with van der Waals surface area (Å²) in [4.78, 5) is 31.6. The summed E-state index contributed by atoms with van der Waals surface area (Å²) < 4.78 is 0. The first kappa shape index (κ1) is 19.1. The van der Waals surface area contributed by atoms with Crippen molar-refractivity contribution >= 4 is 11.8 Å². The maximum atomic E-state index is 13.1. The Morgan fingerprint density at radius 3 is 2.81 bits per heavy atom. The third-order valence-electron chi connectivity index (χ3n) is 5.03. The number of nitrogens with zero attached hydrogens (tertiary/aromatic N) is 2. The summed E-state index contributed by atoms with van der Waals surface area (Å²) in [5, 5.41) is 3.06. The minimum absolute atomic E-state index is 0.0368. The normalized spacial score (nSPS) is 17.6. The molecule has 0 aliphatic carbocycles. The molecule has 2 heterocycles. The molecule has 0 saturated carbocycles. The Morgan fingerprint density at radius 2 is 2.07 bits per heavy atom. The molecule has 142 valence electrons. The van der Waals surface area contributed by atoms with Crippen LogP contribution in [0.15, 0.2) is 48.8 Å². The number of likely N-dealkylation sites (tertiary alicyclic amines) is 1. The number of benzene rings is 1. The van der Waals surface area contributed by atoms with Crippen LogP contribution in [0.3, 0.4) is 0 Å². The number of rotatable bonds is 6. The van der Waals surface area contributed by atoms with Crippen LogP contribution in [0.25, 0.3) is 11.1 Å². The van der Waals surface area contributed by atoms with Gasteiger partial charge in [-0.15, -0.1) is 0 Å². The van der Waals surface area contributed by atoms with E-state index in [9.17, 15) is 9.59 Å². The molecule has 0 radical (unpaired) electrons. The van der Waals surface area contributed by atoms with Gasteiger partial charge in [0.2, 0.25) is 5.91 Å². The zero-order valence-corrected chi connectivity index (χ0v) is 16.0. The molecule has 5 heteroatoms. The van der Waals surface area contributed by atoms with Gasteiger partial charge in [0.15, 0.2) is 0 Å². The van der Waals surface area contributed by atoms with Gasteiger partial charge in [-0.3, -0.25) is 14.6 Å². The molecule has 1 saturated heterocycles. The highest BCUT2D eigenvalue weighted by atomic mass is 16.2. The maximum Gasteiger partial charge on any atom is 0.254 e. The molecule has 27 heavy (non-hydrogen) atoms. The summed E-state index contributed by atoms with van der Waals surface area (Å²) in [7, 11) is 0. The van der Waals surface area contributed by atoms with Crippen molar-refractivity contribution in [2.45, 2.75) is 51.6 Å². The van der Waals surface area contributed by atoms with E-state index < -0.39 is 0 Å². The van der Waals surface area contributed by atoms with Crippen molar-refractivity contribution in [1.82, 2.24) is 15.2 Å². The first-order valence-corrected chi connectivity index (χ1v) is 9.72. The van der Waals surface area contributed by atoms with E-state index in [-0.39, 0.29) is 23.9 Å². The third kappa shape index (κ3) is 4.54. The van der Waals surface area contributed by atoms with E-state index in [0.29, 0.717) is 12.1 Å². The summed E-state index contributed by atoms with van der Waals surface area (Å²) in [5.74, 6) is -0.119. The Morgan fingerprint density at radius 1 is 1.26 bits per heavy atom. The molecule has 2 aromatic rings. The van der Waals surface area contributed by atoms with Gasteiger partial charge in [-0.2, -0.15) is 0 Å². The van der Waals surface area contributed by atoms with Crippen molar-refractivity contribution in [3.05, 3.63) is 54.4 Å². The fourth-order valence-electron chi connectivity index (χ4n) is 3.66. The molecule has 0 bridgehead atoms. The monoisotopic (exact) mass is 365 g/mol. The number of carbonyl (C=O) groups excluding carboxylic acids is 2. The lowest BCUT2D eigenvalue weighted by Gasteiger charge is -2.25. The summed E-state index contributed by atoms with van der Waals surface area (Å²) in [5.41, 5.74) is 2.53. The number of nitrogens with one attached hydrogen (secondary N) is 1. The van der Waals surface area contributed by atoms with Crippen LogP contribution in [-0.2, 0) is 4.79 Å². The van der Waals surface area contributed by atoms with E-state index in [1.54, 1.807) is 17.3 Å². The van der Waals surface area contributed by atoms with Gasteiger partial charge in [0.1, 0.15) is 6.04 Å². The van der Waals surface area contributed by atoms with E-state index >= 15 is 0 Å². The lowest BCUT2D eigenvalue weighted by molar-refractivity contribution is -0.125. The Hall–Kier alpha value is -2.69. The fourth-order valence-corrected chi connectivity index (χ4v) is 3.66. The SMILES string of the molecule is CCCC(C)NC(=O)C1CCCN1C(=O)c1cccc(-c2cccnc2)c1. The number of carbonyl (C=O) groups is 2. The van der Waals surface area contributed by atoms with Gasteiger partial charge in [0.25, 0.3) is 5.91 Å². The first-order chi connectivity index (χ1) is 13.1. The highest BCUT2D eigenvalue weighted by Crippen LogP contribution is 2.24. The lowest BCUT2D eigenvalue weighted by Crippen LogP contribution is -2.48. The second kappa shape index (κ2) is 8.80. The number of hydrogen-bond acceptors (Lipinski definition) is 3. The van der Waals surface area contributed by atoms with Crippen LogP contribution in [0.4, 0.5) is 0 Å². The van der Waals surface area contributed by atoms with Gasteiger partial charge in [-0.25, -0.2) is 0 Å². The Bertz CT molecular complexity index is 791. The molecular weight excluding hydrogens is 338 g/mol. The fraction of sp³-hybridized carbons (Fsp3) is 0.409. The van der Waals surface area contributed by atoms with Crippen LogP contribution < -0.4 is 5.32 Å². The van der Waals surface area contributed by atoms with Gasteiger partial charge >= 0.3 is 0 Å². The molecular formula is C22H27N3O2. The molecule has 1 aliphatic rings. The minimum Gasteiger partial charge on any atom is -0.352 e. The highest BCUT2D eigenvalue weighted by molar-refractivity contribution is 5.98. The molecule has 5 nitrogen and oxygen atoms in total. The van der Waals surface area contributed by atoms with Crippen LogP contribution in [0.5, 0.6) is 0 Å². The number of hydrogen-bond donors (Lipinski definition) is 1. The van der Waals surface area contributed by atoms with Crippen LogP contribution in [0.2, 0.25) is 0 Å². The number of pyridine rings is 1. The maximum absolute atomic E-state index is 13.1. The van der Waals surface area contributed by atoms with Crippen molar-refractivity contribution in [3.8, 4) is 11.1 Å². The molecule has 1 aromatic heterocycles. The molecule has 3 rings (SSSR count). The lowest BCUT2D eigenvalue weighted by atomic mass is 10.0. The van der Waals surface area contributed by atoms with E-state index in [1.165, 1.54) is 0 Å². The van der Waals surface area contributed by atoms with E-state index in [0.717, 1.165) is 36.8 Å². The smallest absolute Gasteiger partial charge is 0.254 e. The zero-order chi connectivity index (χ0) is 19.2. The molecule has 0 spiro atoms. The summed E-state index contributed by atoms with van der Waals surface area (Å²) in [6.07, 6.45) is 7.05. The van der Waals surface area contributed by atoms with E-state index in [2.05, 4.69) is 17.2 Å². The van der Waals surface area contributed by atoms with Gasteiger partial charge in [-0.05, 0) is 49.9 Å². The van der Waals surface area contributed by atoms with Gasteiger partial charge in [0, 0.05) is 36.1 Å². The Balaban J connectivity index is 1.76. The first-order valence-electron chi connectivity index (χ1n) is 9.72. The molecule has 2 atom stereocenters. The zero-order valence-electron chi connectivity index (χ0n) is 16.0. The second-order valence-corrected chi connectivity index (χ2v) is 7.18. The average Bonchev–Trinajstić information content (AvgIpc) is 3.18. The summed E-state index contributed by atoms with van der Waals surface area (Å²) >= 11 is 0. The topological polar surface area (TPSA) is 62.3 Å². The minimum atomic E-state index is -0.376. The van der Waals surface area contributed by atoms with Crippen molar-refractivity contribution in [2.75, 3.05) is 6.54 Å². The molecule has 2 amide bonds. The number of amides is 2. The third-order valence-corrected chi connectivity index (χ3v) is 5.03. The van der Waals surface area contributed by atoms with Crippen LogP contribution in [0.1, 0.15) is 49.9 Å². The molecule has 2 unspecified atom stereocenters. The molecule has 1 aliphatic heterocycles.